The first kappa shape index (κ1) is 13.2. The van der Waals surface area contributed by atoms with Crippen LogP contribution in [-0.4, -0.2) is 14.5 Å². The molecule has 0 fully saturated rings. The largest absolute Gasteiger partial charge is 0.416 e. The second-order valence-electron chi connectivity index (χ2n) is 3.97. The molecule has 8 heteroatoms. The highest BCUT2D eigenvalue weighted by atomic mass is 19.4. The number of rotatable bonds is 3. The summed E-state index contributed by atoms with van der Waals surface area (Å²) in [5, 5.41) is 2.77. The lowest BCUT2D eigenvalue weighted by atomic mass is 10.2. The summed E-state index contributed by atoms with van der Waals surface area (Å²) < 4.78 is 39.5. The van der Waals surface area contributed by atoms with Gasteiger partial charge in [-0.3, -0.25) is 0 Å². The molecule has 0 spiro atoms. The molecule has 0 atom stereocenters. The molecule has 0 radical (unpaired) electrons. The van der Waals surface area contributed by atoms with Gasteiger partial charge in [0.2, 0.25) is 0 Å². The van der Waals surface area contributed by atoms with E-state index in [1.54, 1.807) is 24.0 Å². The number of hydrogen-bond donors (Lipinski definition) is 2. The summed E-state index contributed by atoms with van der Waals surface area (Å²) in [5.74, 6) is 0.560. The third-order valence-electron chi connectivity index (χ3n) is 2.52. The Morgan fingerprint density at radius 1 is 1.37 bits per heavy atom. The summed E-state index contributed by atoms with van der Waals surface area (Å²) in [7, 11) is 1.79. The van der Waals surface area contributed by atoms with Crippen LogP contribution in [0.25, 0.3) is 0 Å². The molecule has 102 valence electrons. The van der Waals surface area contributed by atoms with E-state index in [2.05, 4.69) is 15.3 Å². The molecule has 2 heterocycles. The molecule has 0 saturated heterocycles. The number of anilines is 2. The van der Waals surface area contributed by atoms with Gasteiger partial charge >= 0.3 is 6.18 Å². The van der Waals surface area contributed by atoms with Crippen molar-refractivity contribution < 1.29 is 13.2 Å². The summed E-state index contributed by atoms with van der Waals surface area (Å²) in [6.07, 6.45) is -1.10. The first-order valence-corrected chi connectivity index (χ1v) is 5.41. The highest BCUT2D eigenvalue weighted by molar-refractivity contribution is 5.47. The minimum Gasteiger partial charge on any atom is -0.384 e. The molecule has 0 unspecified atom stereocenters. The van der Waals surface area contributed by atoms with Crippen molar-refractivity contribution in [3.8, 4) is 0 Å². The van der Waals surface area contributed by atoms with Crippen LogP contribution in [0.3, 0.4) is 0 Å². The van der Waals surface area contributed by atoms with Crippen molar-refractivity contribution in [3.05, 3.63) is 35.9 Å². The number of aromatic nitrogens is 3. The van der Waals surface area contributed by atoms with Crippen molar-refractivity contribution in [2.75, 3.05) is 11.1 Å². The number of halogens is 3. The van der Waals surface area contributed by atoms with Crippen molar-refractivity contribution in [1.29, 1.82) is 0 Å². The average molecular weight is 271 g/mol. The van der Waals surface area contributed by atoms with Crippen LogP contribution < -0.4 is 11.1 Å². The Hall–Kier alpha value is -2.25. The van der Waals surface area contributed by atoms with Crippen LogP contribution in [-0.2, 0) is 19.8 Å². The zero-order chi connectivity index (χ0) is 14.0. The molecule has 0 bridgehead atoms. The van der Waals surface area contributed by atoms with Gasteiger partial charge in [-0.05, 0) is 12.1 Å². The molecule has 0 amide bonds. The molecule has 0 aliphatic heterocycles. The van der Waals surface area contributed by atoms with Crippen molar-refractivity contribution >= 4 is 11.6 Å². The van der Waals surface area contributed by atoms with Crippen LogP contribution in [0, 0.1) is 0 Å². The summed E-state index contributed by atoms with van der Waals surface area (Å²) in [4.78, 5) is 7.85. The van der Waals surface area contributed by atoms with Gasteiger partial charge in [0.25, 0.3) is 0 Å². The Balaban J connectivity index is 2.17. The van der Waals surface area contributed by atoms with Gasteiger partial charge in [0.05, 0.1) is 12.1 Å². The van der Waals surface area contributed by atoms with Crippen LogP contribution in [0.2, 0.25) is 0 Å². The van der Waals surface area contributed by atoms with Crippen LogP contribution >= 0.6 is 0 Å². The van der Waals surface area contributed by atoms with E-state index in [0.717, 1.165) is 12.1 Å². The van der Waals surface area contributed by atoms with Gasteiger partial charge < -0.3 is 15.6 Å². The van der Waals surface area contributed by atoms with Gasteiger partial charge in [0.15, 0.2) is 0 Å². The number of imidazole rings is 1. The summed E-state index contributed by atoms with van der Waals surface area (Å²) >= 11 is 0. The lowest BCUT2D eigenvalue weighted by Gasteiger charge is -2.11. The van der Waals surface area contributed by atoms with E-state index < -0.39 is 11.7 Å². The fourth-order valence-electron chi connectivity index (χ4n) is 1.54. The number of nitrogens with zero attached hydrogens (tertiary/aromatic N) is 3. The van der Waals surface area contributed by atoms with E-state index in [-0.39, 0.29) is 18.2 Å². The number of nitrogen functional groups attached to an aromatic ring is 1. The normalized spacial score (nSPS) is 11.6. The number of nitrogens with two attached hydrogens (primary N) is 1. The molecule has 5 nitrogen and oxygen atoms in total. The number of nitrogens with one attached hydrogen (secondary N) is 1. The monoisotopic (exact) mass is 271 g/mol. The van der Waals surface area contributed by atoms with Crippen molar-refractivity contribution in [1.82, 2.24) is 14.5 Å². The molecular weight excluding hydrogens is 259 g/mol. The maximum absolute atomic E-state index is 12.6. The zero-order valence-electron chi connectivity index (χ0n) is 10.1. The Bertz CT molecular complexity index is 576. The van der Waals surface area contributed by atoms with Gasteiger partial charge in [-0.1, -0.05) is 0 Å². The minimum atomic E-state index is -4.45. The fraction of sp³-hybridized carbons (Fsp3) is 0.273. The number of hydrogen-bond acceptors (Lipinski definition) is 4. The lowest BCUT2D eigenvalue weighted by Crippen LogP contribution is -2.11. The molecule has 3 N–H and O–H groups in total. The molecule has 19 heavy (non-hydrogen) atoms. The Morgan fingerprint density at radius 2 is 2.11 bits per heavy atom. The van der Waals surface area contributed by atoms with Crippen LogP contribution in [0.5, 0.6) is 0 Å². The van der Waals surface area contributed by atoms with Crippen LogP contribution in [0.15, 0.2) is 24.5 Å². The number of aryl methyl sites for hydroxylation is 1. The Morgan fingerprint density at radius 3 is 2.68 bits per heavy atom. The molecule has 2 rings (SSSR count). The summed E-state index contributed by atoms with van der Waals surface area (Å²) in [6, 6.07) is 1.71. The minimum absolute atomic E-state index is 0.0651. The molecule has 0 saturated carbocycles. The van der Waals surface area contributed by atoms with Gasteiger partial charge in [-0.25, -0.2) is 9.97 Å². The Labute approximate surface area is 107 Å². The van der Waals surface area contributed by atoms with Crippen LogP contribution in [0.1, 0.15) is 11.4 Å². The topological polar surface area (TPSA) is 68.8 Å². The van der Waals surface area contributed by atoms with Gasteiger partial charge in [-0.15, -0.1) is 0 Å². The lowest BCUT2D eigenvalue weighted by molar-refractivity contribution is -0.137. The van der Waals surface area contributed by atoms with E-state index >= 15 is 0 Å². The third kappa shape index (κ3) is 3.15. The zero-order valence-corrected chi connectivity index (χ0v) is 10.1. The summed E-state index contributed by atoms with van der Waals surface area (Å²) in [5.41, 5.74) is 4.53. The molecule has 0 aliphatic rings. The van der Waals surface area contributed by atoms with Gasteiger partial charge in [0.1, 0.15) is 17.5 Å². The SMILES string of the molecule is Cn1ccnc1CNc1cc(C(F)(F)F)cc(N)n1. The van der Waals surface area contributed by atoms with Gasteiger partial charge in [0, 0.05) is 19.4 Å². The maximum atomic E-state index is 12.6. The smallest absolute Gasteiger partial charge is 0.384 e. The predicted octanol–water partition coefficient (Wildman–Crippen LogP) is 2.03. The second-order valence-corrected chi connectivity index (χ2v) is 3.97. The summed E-state index contributed by atoms with van der Waals surface area (Å²) in [6.45, 7) is 0.261. The van der Waals surface area contributed by atoms with Crippen molar-refractivity contribution in [3.63, 3.8) is 0 Å². The quantitative estimate of drug-likeness (QED) is 0.896. The first-order chi connectivity index (χ1) is 8.86. The predicted molar refractivity (Wildman–Crippen MR) is 64.2 cm³/mol. The molecule has 2 aromatic heterocycles. The average Bonchev–Trinajstić information content (AvgIpc) is 2.70. The Kier molecular flexibility index (Phi) is 3.32. The van der Waals surface area contributed by atoms with E-state index in [1.165, 1.54) is 0 Å². The van der Waals surface area contributed by atoms with E-state index in [0.29, 0.717) is 5.82 Å². The van der Waals surface area contributed by atoms with E-state index in [4.69, 9.17) is 5.73 Å². The number of alkyl halides is 3. The molecule has 0 aromatic carbocycles. The van der Waals surface area contributed by atoms with E-state index in [1.807, 2.05) is 0 Å². The third-order valence-corrected chi connectivity index (χ3v) is 2.52. The molecule has 0 aliphatic carbocycles. The molecular formula is C11H12F3N5. The van der Waals surface area contributed by atoms with Crippen LogP contribution in [0.4, 0.5) is 24.8 Å². The fourth-order valence-corrected chi connectivity index (χ4v) is 1.54. The highest BCUT2D eigenvalue weighted by Crippen LogP contribution is 2.31. The standard InChI is InChI=1S/C11H12F3N5/c1-19-3-2-16-10(19)6-17-9-5-7(11(12,13)14)4-8(15)18-9/h2-5H,6H2,1H3,(H3,15,17,18). The molecule has 2 aromatic rings. The number of pyridine rings is 1. The maximum Gasteiger partial charge on any atom is 0.416 e. The van der Waals surface area contributed by atoms with Gasteiger partial charge in [-0.2, -0.15) is 13.2 Å². The highest BCUT2D eigenvalue weighted by Gasteiger charge is 2.31. The second kappa shape index (κ2) is 4.79. The van der Waals surface area contributed by atoms with E-state index in [9.17, 15) is 13.2 Å². The van der Waals surface area contributed by atoms with Crippen molar-refractivity contribution in [2.45, 2.75) is 12.7 Å². The first-order valence-electron chi connectivity index (χ1n) is 5.41. The van der Waals surface area contributed by atoms with Crippen molar-refractivity contribution in [2.24, 2.45) is 7.05 Å².